The van der Waals surface area contributed by atoms with Crippen molar-refractivity contribution in [2.24, 2.45) is 0 Å². The van der Waals surface area contributed by atoms with E-state index >= 15 is 0 Å². The Kier molecular flexibility index (Phi) is 3.55. The summed E-state index contributed by atoms with van der Waals surface area (Å²) in [5.41, 5.74) is 0.954. The smallest absolute Gasteiger partial charge is 0.265 e. The first kappa shape index (κ1) is 13.4. The van der Waals surface area contributed by atoms with E-state index in [1.807, 2.05) is 12.3 Å². The summed E-state index contributed by atoms with van der Waals surface area (Å²) in [7, 11) is 0. The van der Waals surface area contributed by atoms with Gasteiger partial charge in [-0.3, -0.25) is 4.79 Å². The fourth-order valence-corrected chi connectivity index (χ4v) is 3.85. The number of ether oxygens (including phenoxy) is 2. The Balaban J connectivity index is 1.78. The first-order chi connectivity index (χ1) is 9.11. The molecule has 1 spiro atoms. The summed E-state index contributed by atoms with van der Waals surface area (Å²) in [5, 5.41) is 2.49. The van der Waals surface area contributed by atoms with Gasteiger partial charge >= 0.3 is 0 Å². The molecule has 0 unspecified atom stereocenters. The third kappa shape index (κ3) is 2.40. The van der Waals surface area contributed by atoms with Gasteiger partial charge in [0.25, 0.3) is 5.91 Å². The van der Waals surface area contributed by atoms with E-state index in [1.54, 1.807) is 4.90 Å². The van der Waals surface area contributed by atoms with Gasteiger partial charge in [0.1, 0.15) is 4.88 Å². The molecule has 4 nitrogen and oxygen atoms in total. The zero-order chi connectivity index (χ0) is 13.5. The quantitative estimate of drug-likeness (QED) is 0.800. The lowest BCUT2D eigenvalue weighted by atomic mass is 10.0. The van der Waals surface area contributed by atoms with E-state index in [2.05, 4.69) is 0 Å². The van der Waals surface area contributed by atoms with Gasteiger partial charge in [-0.2, -0.15) is 0 Å². The van der Waals surface area contributed by atoms with E-state index < -0.39 is 5.79 Å². The van der Waals surface area contributed by atoms with E-state index in [9.17, 15) is 4.79 Å². The maximum Gasteiger partial charge on any atom is 0.265 e. The Morgan fingerprint density at radius 3 is 2.84 bits per heavy atom. The predicted octanol–water partition coefficient (Wildman–Crippen LogP) is 2.69. The number of carbonyl (C=O) groups excluding carboxylic acids is 1. The van der Waals surface area contributed by atoms with Gasteiger partial charge in [-0.05, 0) is 24.3 Å². The van der Waals surface area contributed by atoms with Crippen molar-refractivity contribution in [1.82, 2.24) is 4.90 Å². The largest absolute Gasteiger partial charge is 0.346 e. The van der Waals surface area contributed by atoms with Gasteiger partial charge in [0.05, 0.1) is 24.8 Å². The molecule has 1 aromatic rings. The van der Waals surface area contributed by atoms with Crippen molar-refractivity contribution in [2.75, 3.05) is 26.3 Å². The van der Waals surface area contributed by atoms with Crippen LogP contribution in [0.2, 0.25) is 5.02 Å². The maximum atomic E-state index is 12.5. The second-order valence-electron chi connectivity index (χ2n) is 5.00. The highest BCUT2D eigenvalue weighted by atomic mass is 35.5. The van der Waals surface area contributed by atoms with Crippen LogP contribution in [0.3, 0.4) is 0 Å². The van der Waals surface area contributed by atoms with Crippen LogP contribution < -0.4 is 0 Å². The number of amides is 1. The van der Waals surface area contributed by atoms with E-state index in [0.717, 1.165) is 24.9 Å². The summed E-state index contributed by atoms with van der Waals surface area (Å²) in [6, 6.07) is 0. The molecule has 3 rings (SSSR count). The fourth-order valence-electron chi connectivity index (χ4n) is 2.61. The van der Waals surface area contributed by atoms with Crippen LogP contribution in [-0.2, 0) is 9.47 Å². The van der Waals surface area contributed by atoms with Crippen LogP contribution in [-0.4, -0.2) is 42.9 Å². The molecule has 1 aromatic heterocycles. The summed E-state index contributed by atoms with van der Waals surface area (Å²) in [4.78, 5) is 14.9. The standard InChI is InChI=1S/C13H16ClNO3S/c1-9-7-19-11(10(9)14)12(16)15-4-2-3-13(8-15)17-5-6-18-13/h7H,2-6,8H2,1H3. The SMILES string of the molecule is Cc1csc(C(=O)N2CCCC3(C2)OCCO3)c1Cl. The molecule has 0 atom stereocenters. The zero-order valence-electron chi connectivity index (χ0n) is 10.8. The van der Waals surface area contributed by atoms with Crippen molar-refractivity contribution in [3.63, 3.8) is 0 Å². The molecule has 3 heterocycles. The molecule has 2 saturated heterocycles. The summed E-state index contributed by atoms with van der Waals surface area (Å²) in [6.07, 6.45) is 1.75. The van der Waals surface area contributed by atoms with Crippen LogP contribution in [0, 0.1) is 6.92 Å². The van der Waals surface area contributed by atoms with Crippen molar-refractivity contribution >= 4 is 28.8 Å². The molecule has 0 aliphatic carbocycles. The third-order valence-electron chi connectivity index (χ3n) is 3.61. The van der Waals surface area contributed by atoms with Gasteiger partial charge in [0, 0.05) is 13.0 Å². The highest BCUT2D eigenvalue weighted by molar-refractivity contribution is 7.13. The number of likely N-dealkylation sites (tertiary alicyclic amines) is 1. The number of carbonyl (C=O) groups is 1. The monoisotopic (exact) mass is 301 g/mol. The first-order valence-corrected chi connectivity index (χ1v) is 7.68. The number of hydrogen-bond acceptors (Lipinski definition) is 4. The Bertz CT molecular complexity index is 496. The Morgan fingerprint density at radius 1 is 1.47 bits per heavy atom. The highest BCUT2D eigenvalue weighted by Gasteiger charge is 2.42. The lowest BCUT2D eigenvalue weighted by Gasteiger charge is -2.38. The Labute approximate surface area is 121 Å². The van der Waals surface area contributed by atoms with Gasteiger partial charge < -0.3 is 14.4 Å². The topological polar surface area (TPSA) is 38.8 Å². The lowest BCUT2D eigenvalue weighted by Crippen LogP contribution is -2.50. The van der Waals surface area contributed by atoms with E-state index in [-0.39, 0.29) is 5.91 Å². The number of halogens is 1. The molecule has 0 N–H and O–H groups in total. The molecular formula is C13H16ClNO3S. The lowest BCUT2D eigenvalue weighted by molar-refractivity contribution is -0.183. The molecule has 0 bridgehead atoms. The zero-order valence-corrected chi connectivity index (χ0v) is 12.4. The van der Waals surface area contributed by atoms with Crippen LogP contribution in [0.4, 0.5) is 0 Å². The van der Waals surface area contributed by atoms with Crippen molar-refractivity contribution in [3.8, 4) is 0 Å². The van der Waals surface area contributed by atoms with Gasteiger partial charge in [-0.25, -0.2) is 0 Å². The van der Waals surface area contributed by atoms with Crippen molar-refractivity contribution in [1.29, 1.82) is 0 Å². The summed E-state index contributed by atoms with van der Waals surface area (Å²) < 4.78 is 11.4. The van der Waals surface area contributed by atoms with E-state index in [1.165, 1.54) is 11.3 Å². The second-order valence-corrected chi connectivity index (χ2v) is 6.26. The predicted molar refractivity (Wildman–Crippen MR) is 73.8 cm³/mol. The molecule has 2 aliphatic heterocycles. The Morgan fingerprint density at radius 2 is 2.21 bits per heavy atom. The van der Waals surface area contributed by atoms with Crippen molar-refractivity contribution in [3.05, 3.63) is 20.8 Å². The molecule has 6 heteroatoms. The number of aryl methyl sites for hydroxylation is 1. The van der Waals surface area contributed by atoms with Gasteiger partial charge in [-0.15, -0.1) is 11.3 Å². The molecule has 104 valence electrons. The summed E-state index contributed by atoms with van der Waals surface area (Å²) in [5.74, 6) is -0.589. The second kappa shape index (κ2) is 5.05. The minimum absolute atomic E-state index is 0.0127. The molecular weight excluding hydrogens is 286 g/mol. The minimum atomic E-state index is -0.577. The molecule has 0 radical (unpaired) electrons. The first-order valence-electron chi connectivity index (χ1n) is 6.42. The Hall–Kier alpha value is -0.620. The minimum Gasteiger partial charge on any atom is -0.346 e. The number of nitrogens with zero attached hydrogens (tertiary/aromatic N) is 1. The number of thiophene rings is 1. The average molecular weight is 302 g/mol. The summed E-state index contributed by atoms with van der Waals surface area (Å²) in [6.45, 7) is 4.37. The van der Waals surface area contributed by atoms with Gasteiger partial charge in [-0.1, -0.05) is 11.6 Å². The number of rotatable bonds is 1. The van der Waals surface area contributed by atoms with E-state index in [4.69, 9.17) is 21.1 Å². The maximum absolute atomic E-state index is 12.5. The van der Waals surface area contributed by atoms with Crippen LogP contribution in [0.15, 0.2) is 5.38 Å². The van der Waals surface area contributed by atoms with Crippen LogP contribution >= 0.6 is 22.9 Å². The molecule has 1 amide bonds. The normalized spacial score (nSPS) is 22.1. The van der Waals surface area contributed by atoms with Crippen LogP contribution in [0.25, 0.3) is 0 Å². The van der Waals surface area contributed by atoms with E-state index in [0.29, 0.717) is 29.7 Å². The molecule has 19 heavy (non-hydrogen) atoms. The van der Waals surface area contributed by atoms with Crippen LogP contribution in [0.1, 0.15) is 28.1 Å². The number of hydrogen-bond donors (Lipinski definition) is 0. The average Bonchev–Trinajstić information content (AvgIpc) is 2.98. The summed E-state index contributed by atoms with van der Waals surface area (Å²) >= 11 is 7.58. The highest BCUT2D eigenvalue weighted by Crippen LogP contribution is 2.33. The molecule has 2 aliphatic rings. The van der Waals surface area contributed by atoms with Gasteiger partial charge in [0.15, 0.2) is 5.79 Å². The molecule has 2 fully saturated rings. The third-order valence-corrected chi connectivity index (χ3v) is 5.30. The van der Waals surface area contributed by atoms with Crippen LogP contribution in [0.5, 0.6) is 0 Å². The number of piperidine rings is 1. The van der Waals surface area contributed by atoms with Crippen molar-refractivity contribution in [2.45, 2.75) is 25.6 Å². The molecule has 0 saturated carbocycles. The molecule has 0 aromatic carbocycles. The van der Waals surface area contributed by atoms with Gasteiger partial charge in [0.2, 0.25) is 0 Å². The van der Waals surface area contributed by atoms with Crippen molar-refractivity contribution < 1.29 is 14.3 Å². The fraction of sp³-hybridized carbons (Fsp3) is 0.615.